The van der Waals surface area contributed by atoms with Gasteiger partial charge in [-0.2, -0.15) is 5.10 Å². The lowest BCUT2D eigenvalue weighted by Crippen LogP contribution is -2.38. The standard InChI is InChI=1S/C27H28N4O4.C6H6/c1-18-3-4-22(13-24(18)29-26(32)25-16-34-17-35-25)27(33)31-11-9-21(10-12-31)19-5-7-20(8-6-19)23-14-28-30(2)15-23;1-2-4-6-5-3-1/h3-8,13-16,21H,9-12,17H2,1-2H3,(H,29,32);1-6H. The average Bonchev–Trinajstić information content (AvgIpc) is 3.72. The number of hydrogen-bond donors (Lipinski definition) is 1. The highest BCUT2D eigenvalue weighted by atomic mass is 16.7. The summed E-state index contributed by atoms with van der Waals surface area (Å²) in [7, 11) is 1.92. The first kappa shape index (κ1) is 27.7. The van der Waals surface area contributed by atoms with Gasteiger partial charge in [-0.15, -0.1) is 0 Å². The molecule has 3 aromatic carbocycles. The fraction of sp³-hybridized carbons (Fsp3) is 0.242. The van der Waals surface area contributed by atoms with Gasteiger partial charge in [0.05, 0.1) is 6.20 Å². The molecular weight excluding hydrogens is 516 g/mol. The molecule has 0 atom stereocenters. The molecule has 0 saturated carbocycles. The number of ether oxygens (including phenoxy) is 2. The minimum atomic E-state index is -0.398. The van der Waals surface area contributed by atoms with Gasteiger partial charge in [0.15, 0.2) is 0 Å². The normalized spacial score (nSPS) is 14.7. The Hall–Kier alpha value is -4.85. The van der Waals surface area contributed by atoms with Crippen LogP contribution in [0, 0.1) is 6.92 Å². The molecule has 6 rings (SSSR count). The SMILES string of the molecule is Cc1ccc(C(=O)N2CCC(c3ccc(-c4cnn(C)c4)cc3)CC2)cc1NC(=O)C1=COCO1.c1ccccc1. The largest absolute Gasteiger partial charge is 0.461 e. The highest BCUT2D eigenvalue weighted by Crippen LogP contribution is 2.31. The monoisotopic (exact) mass is 550 g/mol. The van der Waals surface area contributed by atoms with E-state index in [1.165, 1.54) is 11.8 Å². The second-order valence-electron chi connectivity index (χ2n) is 10.1. The van der Waals surface area contributed by atoms with Crippen LogP contribution in [0.15, 0.2) is 103 Å². The number of benzene rings is 3. The number of amides is 2. The van der Waals surface area contributed by atoms with Crippen LogP contribution in [0.2, 0.25) is 0 Å². The molecule has 1 N–H and O–H groups in total. The third-order valence-corrected chi connectivity index (χ3v) is 7.30. The van der Waals surface area contributed by atoms with Gasteiger partial charge in [-0.1, -0.05) is 66.7 Å². The van der Waals surface area contributed by atoms with Gasteiger partial charge in [0.1, 0.15) is 6.26 Å². The van der Waals surface area contributed by atoms with E-state index in [0.29, 0.717) is 30.3 Å². The predicted octanol–water partition coefficient (Wildman–Crippen LogP) is 5.89. The zero-order valence-corrected chi connectivity index (χ0v) is 23.3. The number of likely N-dealkylation sites (tertiary alicyclic amines) is 1. The molecule has 2 aliphatic rings. The van der Waals surface area contributed by atoms with Crippen molar-refractivity contribution in [1.29, 1.82) is 0 Å². The third kappa shape index (κ3) is 7.03. The van der Waals surface area contributed by atoms with E-state index in [1.54, 1.807) is 10.7 Å². The van der Waals surface area contributed by atoms with Crippen LogP contribution in [-0.2, 0) is 21.3 Å². The predicted molar refractivity (Wildman–Crippen MR) is 158 cm³/mol. The number of aromatic nitrogens is 2. The zero-order chi connectivity index (χ0) is 28.6. The van der Waals surface area contributed by atoms with Gasteiger partial charge in [-0.05, 0) is 54.5 Å². The van der Waals surface area contributed by atoms with Crippen molar-refractivity contribution in [3.8, 4) is 11.1 Å². The number of hydrogen-bond acceptors (Lipinski definition) is 5. The Kier molecular flexibility index (Phi) is 8.79. The van der Waals surface area contributed by atoms with E-state index in [0.717, 1.165) is 29.5 Å². The van der Waals surface area contributed by atoms with E-state index in [2.05, 4.69) is 34.7 Å². The number of anilines is 1. The topological polar surface area (TPSA) is 85.7 Å². The zero-order valence-electron chi connectivity index (χ0n) is 23.3. The number of rotatable bonds is 5. The van der Waals surface area contributed by atoms with Gasteiger partial charge in [-0.25, -0.2) is 0 Å². The van der Waals surface area contributed by atoms with Gasteiger partial charge in [0.25, 0.3) is 11.8 Å². The number of nitrogens with one attached hydrogen (secondary N) is 1. The fourth-order valence-electron chi connectivity index (χ4n) is 4.94. The molecule has 0 aliphatic carbocycles. The Morgan fingerprint density at radius 2 is 1.61 bits per heavy atom. The minimum Gasteiger partial charge on any atom is -0.461 e. The molecule has 0 unspecified atom stereocenters. The Bertz CT molecular complexity index is 1480. The first-order valence-electron chi connectivity index (χ1n) is 13.7. The smallest absolute Gasteiger partial charge is 0.294 e. The molecule has 0 radical (unpaired) electrons. The second-order valence-corrected chi connectivity index (χ2v) is 10.1. The number of aryl methyl sites for hydroxylation is 2. The van der Waals surface area contributed by atoms with Crippen LogP contribution in [0.4, 0.5) is 5.69 Å². The Morgan fingerprint density at radius 3 is 2.20 bits per heavy atom. The van der Waals surface area contributed by atoms with Gasteiger partial charge >= 0.3 is 0 Å². The Labute approximate surface area is 240 Å². The van der Waals surface area contributed by atoms with E-state index in [-0.39, 0.29) is 18.5 Å². The summed E-state index contributed by atoms with van der Waals surface area (Å²) < 4.78 is 11.9. The summed E-state index contributed by atoms with van der Waals surface area (Å²) in [6.07, 6.45) is 7.00. The first-order chi connectivity index (χ1) is 20.0. The molecule has 2 amide bonds. The van der Waals surface area contributed by atoms with E-state index in [9.17, 15) is 9.59 Å². The van der Waals surface area contributed by atoms with Crippen LogP contribution in [0.3, 0.4) is 0 Å². The second kappa shape index (κ2) is 13.0. The maximum atomic E-state index is 13.2. The Balaban J connectivity index is 0.000000500. The van der Waals surface area contributed by atoms with Crippen molar-refractivity contribution >= 4 is 17.5 Å². The Morgan fingerprint density at radius 1 is 0.927 bits per heavy atom. The van der Waals surface area contributed by atoms with Crippen LogP contribution in [0.25, 0.3) is 11.1 Å². The van der Waals surface area contributed by atoms with Crippen molar-refractivity contribution in [3.63, 3.8) is 0 Å². The van der Waals surface area contributed by atoms with Crippen molar-refractivity contribution < 1.29 is 19.1 Å². The van der Waals surface area contributed by atoms with E-state index < -0.39 is 5.91 Å². The molecule has 3 heterocycles. The highest BCUT2D eigenvalue weighted by Gasteiger charge is 2.25. The lowest BCUT2D eigenvalue weighted by molar-refractivity contribution is -0.116. The molecule has 8 nitrogen and oxygen atoms in total. The summed E-state index contributed by atoms with van der Waals surface area (Å²) >= 11 is 0. The molecule has 1 saturated heterocycles. The molecule has 0 bridgehead atoms. The van der Waals surface area contributed by atoms with Crippen molar-refractivity contribution in [2.24, 2.45) is 7.05 Å². The number of carbonyl (C=O) groups excluding carboxylic acids is 2. The first-order valence-corrected chi connectivity index (χ1v) is 13.7. The quantitative estimate of drug-likeness (QED) is 0.335. The third-order valence-electron chi connectivity index (χ3n) is 7.30. The van der Waals surface area contributed by atoms with Gasteiger partial charge < -0.3 is 19.7 Å². The van der Waals surface area contributed by atoms with Crippen LogP contribution in [0.5, 0.6) is 0 Å². The summed E-state index contributed by atoms with van der Waals surface area (Å²) in [4.78, 5) is 27.4. The van der Waals surface area contributed by atoms with E-state index in [4.69, 9.17) is 9.47 Å². The summed E-state index contributed by atoms with van der Waals surface area (Å²) in [5.74, 6) is 0.129. The van der Waals surface area contributed by atoms with Crippen LogP contribution in [0.1, 0.15) is 40.2 Å². The van der Waals surface area contributed by atoms with E-state index in [1.807, 2.05) is 79.8 Å². The summed E-state index contributed by atoms with van der Waals surface area (Å²) in [5, 5.41) is 7.05. The maximum absolute atomic E-state index is 13.2. The summed E-state index contributed by atoms with van der Waals surface area (Å²) in [6, 6.07) is 26.1. The van der Waals surface area contributed by atoms with Crippen LogP contribution in [-0.4, -0.2) is 46.4 Å². The molecule has 4 aromatic rings. The fourth-order valence-corrected chi connectivity index (χ4v) is 4.94. The van der Waals surface area contributed by atoms with Gasteiger partial charge in [-0.3, -0.25) is 14.3 Å². The lowest BCUT2D eigenvalue weighted by atomic mass is 9.88. The maximum Gasteiger partial charge on any atom is 0.294 e. The van der Waals surface area contributed by atoms with Crippen molar-refractivity contribution in [3.05, 3.63) is 120 Å². The number of piperidine rings is 1. The summed E-state index contributed by atoms with van der Waals surface area (Å²) in [6.45, 7) is 3.31. The molecule has 8 heteroatoms. The highest BCUT2D eigenvalue weighted by molar-refractivity contribution is 6.04. The molecule has 0 spiro atoms. The van der Waals surface area contributed by atoms with Crippen LogP contribution < -0.4 is 5.32 Å². The van der Waals surface area contributed by atoms with Crippen molar-refractivity contribution in [1.82, 2.24) is 14.7 Å². The molecule has 1 fully saturated rings. The van der Waals surface area contributed by atoms with Crippen molar-refractivity contribution in [2.75, 3.05) is 25.2 Å². The molecule has 2 aliphatic heterocycles. The lowest BCUT2D eigenvalue weighted by Gasteiger charge is -2.32. The van der Waals surface area contributed by atoms with Crippen LogP contribution >= 0.6 is 0 Å². The minimum absolute atomic E-state index is 0.0226. The molecule has 1 aromatic heterocycles. The average molecular weight is 551 g/mol. The van der Waals surface area contributed by atoms with E-state index >= 15 is 0 Å². The van der Waals surface area contributed by atoms with Gasteiger partial charge in [0.2, 0.25) is 12.6 Å². The molecule has 41 heavy (non-hydrogen) atoms. The van der Waals surface area contributed by atoms with Crippen molar-refractivity contribution in [2.45, 2.75) is 25.7 Å². The number of carbonyl (C=O) groups is 2. The molecular formula is C33H34N4O4. The van der Waals surface area contributed by atoms with Gasteiger partial charge in [0, 0.05) is 43.1 Å². The number of nitrogens with zero attached hydrogens (tertiary/aromatic N) is 3. The summed E-state index contributed by atoms with van der Waals surface area (Å²) in [5.41, 5.74) is 5.57. The molecule has 210 valence electrons.